The summed E-state index contributed by atoms with van der Waals surface area (Å²) >= 11 is 6.22. The van der Waals surface area contributed by atoms with E-state index in [1.165, 1.54) is 18.8 Å². The van der Waals surface area contributed by atoms with Crippen LogP contribution in [0.15, 0.2) is 47.3 Å². The lowest BCUT2D eigenvalue weighted by molar-refractivity contribution is -0.115. The highest BCUT2D eigenvalue weighted by molar-refractivity contribution is 6.32. The normalized spacial score (nSPS) is 15.0. The molecule has 1 aliphatic carbocycles. The average molecular weight is 455 g/mol. The van der Waals surface area contributed by atoms with Gasteiger partial charge in [0.2, 0.25) is 0 Å². The SMILES string of the molecule is N/C=C(/C(=O)NCc1cc2cc(Cl)cc(C(=O)OC3CCCCC3)c2o1)c1ncccn1. The zero-order valence-electron chi connectivity index (χ0n) is 17.3. The van der Waals surface area contributed by atoms with Crippen molar-refractivity contribution in [1.29, 1.82) is 0 Å². The number of nitrogens with zero attached hydrogens (tertiary/aromatic N) is 2. The molecule has 0 unspecified atom stereocenters. The lowest BCUT2D eigenvalue weighted by Crippen LogP contribution is -2.25. The number of furan rings is 1. The molecule has 1 amide bonds. The highest BCUT2D eigenvalue weighted by Crippen LogP contribution is 2.29. The van der Waals surface area contributed by atoms with Gasteiger partial charge in [0.15, 0.2) is 5.82 Å². The Bertz CT molecular complexity index is 1150. The van der Waals surface area contributed by atoms with Gasteiger partial charge in [0.05, 0.1) is 12.1 Å². The van der Waals surface area contributed by atoms with Crippen molar-refractivity contribution in [2.45, 2.75) is 44.8 Å². The summed E-state index contributed by atoms with van der Waals surface area (Å²) in [6.07, 6.45) is 9.14. The molecular formula is C23H23ClN4O4. The Morgan fingerprint density at radius 1 is 1.19 bits per heavy atom. The molecule has 2 heterocycles. The van der Waals surface area contributed by atoms with E-state index in [9.17, 15) is 9.59 Å². The molecule has 4 rings (SSSR count). The van der Waals surface area contributed by atoms with E-state index in [2.05, 4.69) is 15.3 Å². The molecule has 1 aromatic carbocycles. The Morgan fingerprint density at radius 2 is 1.94 bits per heavy atom. The van der Waals surface area contributed by atoms with Crippen LogP contribution in [0.4, 0.5) is 0 Å². The Kier molecular flexibility index (Phi) is 6.70. The molecule has 3 aromatic rings. The predicted molar refractivity (Wildman–Crippen MR) is 120 cm³/mol. The third-order valence-corrected chi connectivity index (χ3v) is 5.54. The number of aromatic nitrogens is 2. The maximum Gasteiger partial charge on any atom is 0.342 e. The Labute approximate surface area is 189 Å². The number of fused-ring (bicyclic) bond motifs is 1. The smallest absolute Gasteiger partial charge is 0.342 e. The molecule has 32 heavy (non-hydrogen) atoms. The highest BCUT2D eigenvalue weighted by Gasteiger charge is 2.23. The van der Waals surface area contributed by atoms with Crippen LogP contribution < -0.4 is 11.1 Å². The number of rotatable bonds is 6. The number of amides is 1. The van der Waals surface area contributed by atoms with Crippen molar-refractivity contribution >= 4 is 40.0 Å². The summed E-state index contributed by atoms with van der Waals surface area (Å²) in [5, 5.41) is 3.78. The number of hydrogen-bond acceptors (Lipinski definition) is 7. The quantitative estimate of drug-likeness (QED) is 0.426. The molecule has 0 aliphatic heterocycles. The van der Waals surface area contributed by atoms with Crippen molar-refractivity contribution in [3.63, 3.8) is 0 Å². The maximum absolute atomic E-state index is 12.8. The summed E-state index contributed by atoms with van der Waals surface area (Å²) in [5.74, 6) is -0.234. The zero-order chi connectivity index (χ0) is 22.5. The van der Waals surface area contributed by atoms with Crippen LogP contribution in [-0.2, 0) is 16.1 Å². The van der Waals surface area contributed by atoms with Crippen molar-refractivity contribution in [3.05, 3.63) is 65.0 Å². The van der Waals surface area contributed by atoms with Crippen molar-refractivity contribution in [1.82, 2.24) is 15.3 Å². The third kappa shape index (κ3) is 4.91. The highest BCUT2D eigenvalue weighted by atomic mass is 35.5. The molecule has 1 fully saturated rings. The molecule has 0 bridgehead atoms. The number of carbonyl (C=O) groups excluding carboxylic acids is 2. The minimum atomic E-state index is -0.455. The molecule has 9 heteroatoms. The second-order valence-electron chi connectivity index (χ2n) is 7.59. The van der Waals surface area contributed by atoms with Crippen LogP contribution in [0.25, 0.3) is 16.5 Å². The monoisotopic (exact) mass is 454 g/mol. The van der Waals surface area contributed by atoms with Crippen LogP contribution in [0, 0.1) is 0 Å². The van der Waals surface area contributed by atoms with Gasteiger partial charge in [-0.15, -0.1) is 0 Å². The van der Waals surface area contributed by atoms with Gasteiger partial charge in [0.25, 0.3) is 5.91 Å². The average Bonchev–Trinajstić information content (AvgIpc) is 3.21. The van der Waals surface area contributed by atoms with Crippen molar-refractivity contribution in [3.8, 4) is 0 Å². The minimum Gasteiger partial charge on any atom is -0.459 e. The van der Waals surface area contributed by atoms with Gasteiger partial charge in [-0.3, -0.25) is 4.79 Å². The number of nitrogens with two attached hydrogens (primary N) is 1. The molecule has 1 aliphatic rings. The van der Waals surface area contributed by atoms with E-state index < -0.39 is 11.9 Å². The van der Waals surface area contributed by atoms with E-state index in [1.54, 1.807) is 24.3 Å². The lowest BCUT2D eigenvalue weighted by atomic mass is 9.98. The minimum absolute atomic E-state index is 0.0758. The summed E-state index contributed by atoms with van der Waals surface area (Å²) in [5.41, 5.74) is 6.38. The fraction of sp³-hybridized carbons (Fsp3) is 0.304. The van der Waals surface area contributed by atoms with Gasteiger partial charge in [-0.1, -0.05) is 18.0 Å². The molecule has 0 spiro atoms. The van der Waals surface area contributed by atoms with Gasteiger partial charge < -0.3 is 20.2 Å². The first-order valence-corrected chi connectivity index (χ1v) is 10.8. The van der Waals surface area contributed by atoms with E-state index in [1.807, 2.05) is 0 Å². The van der Waals surface area contributed by atoms with E-state index >= 15 is 0 Å². The third-order valence-electron chi connectivity index (χ3n) is 5.32. The molecule has 2 aromatic heterocycles. The van der Waals surface area contributed by atoms with E-state index in [-0.39, 0.29) is 29.6 Å². The fourth-order valence-corrected chi connectivity index (χ4v) is 3.99. The van der Waals surface area contributed by atoms with Gasteiger partial charge in [-0.05, 0) is 49.9 Å². The standard InChI is InChI=1S/C23H23ClN4O4/c24-15-9-14-10-17(13-28-22(29)19(12-25)21-26-7-4-8-27-21)31-20(14)18(11-15)23(30)32-16-5-2-1-3-6-16/h4,7-12,16H,1-3,5-6,13,25H2,(H,28,29)/b19-12+. The fourth-order valence-electron chi connectivity index (χ4n) is 3.76. The molecule has 0 atom stereocenters. The second kappa shape index (κ2) is 9.82. The number of benzene rings is 1. The van der Waals surface area contributed by atoms with Gasteiger partial charge in [-0.2, -0.15) is 0 Å². The summed E-state index contributed by atoms with van der Waals surface area (Å²) in [6, 6.07) is 6.62. The van der Waals surface area contributed by atoms with E-state index in [0.717, 1.165) is 31.9 Å². The van der Waals surface area contributed by atoms with Crippen LogP contribution in [-0.4, -0.2) is 27.9 Å². The molecule has 3 N–H and O–H groups in total. The Hall–Kier alpha value is -3.39. The second-order valence-corrected chi connectivity index (χ2v) is 8.02. The van der Waals surface area contributed by atoms with Gasteiger partial charge >= 0.3 is 5.97 Å². The van der Waals surface area contributed by atoms with Gasteiger partial charge in [-0.25, -0.2) is 14.8 Å². The van der Waals surface area contributed by atoms with Crippen molar-refractivity contribution in [2.24, 2.45) is 5.73 Å². The summed E-state index contributed by atoms with van der Waals surface area (Å²) in [6.45, 7) is 0.0758. The van der Waals surface area contributed by atoms with Crippen LogP contribution in [0.3, 0.4) is 0 Å². The van der Waals surface area contributed by atoms with Gasteiger partial charge in [0.1, 0.15) is 23.0 Å². The number of halogens is 1. The van der Waals surface area contributed by atoms with E-state index in [0.29, 0.717) is 21.8 Å². The predicted octanol–water partition coefficient (Wildman–Crippen LogP) is 3.98. The number of esters is 1. The summed E-state index contributed by atoms with van der Waals surface area (Å²) in [7, 11) is 0. The largest absolute Gasteiger partial charge is 0.459 e. The number of carbonyl (C=O) groups is 2. The molecule has 0 saturated heterocycles. The molecule has 166 valence electrons. The van der Waals surface area contributed by atoms with Gasteiger partial charge in [0, 0.05) is 29.0 Å². The molecular weight excluding hydrogens is 432 g/mol. The number of hydrogen-bond donors (Lipinski definition) is 2. The molecule has 0 radical (unpaired) electrons. The Morgan fingerprint density at radius 3 is 2.66 bits per heavy atom. The van der Waals surface area contributed by atoms with Crippen LogP contribution >= 0.6 is 11.6 Å². The van der Waals surface area contributed by atoms with Crippen molar-refractivity contribution in [2.75, 3.05) is 0 Å². The van der Waals surface area contributed by atoms with Crippen LogP contribution in [0.5, 0.6) is 0 Å². The Balaban J connectivity index is 1.50. The lowest BCUT2D eigenvalue weighted by Gasteiger charge is -2.21. The number of ether oxygens (including phenoxy) is 1. The summed E-state index contributed by atoms with van der Waals surface area (Å²) < 4.78 is 11.6. The zero-order valence-corrected chi connectivity index (χ0v) is 18.1. The maximum atomic E-state index is 12.8. The van der Waals surface area contributed by atoms with Crippen LogP contribution in [0.2, 0.25) is 5.02 Å². The topological polar surface area (TPSA) is 120 Å². The van der Waals surface area contributed by atoms with Crippen molar-refractivity contribution < 1.29 is 18.7 Å². The molecule has 8 nitrogen and oxygen atoms in total. The first kappa shape index (κ1) is 21.8. The van der Waals surface area contributed by atoms with E-state index in [4.69, 9.17) is 26.5 Å². The number of nitrogens with one attached hydrogen (secondary N) is 1. The summed E-state index contributed by atoms with van der Waals surface area (Å²) in [4.78, 5) is 33.4. The first-order valence-electron chi connectivity index (χ1n) is 10.5. The molecule has 1 saturated carbocycles. The van der Waals surface area contributed by atoms with Crippen LogP contribution in [0.1, 0.15) is 54.0 Å². The first-order chi connectivity index (χ1) is 15.5.